The summed E-state index contributed by atoms with van der Waals surface area (Å²) in [5.74, 6) is -0.780. The SMILES string of the molecule is Cc1ccc(Cl)cc1NC(=O)CSC1=C(C#N)[C@@H](c2ccc(Cl)cc2)CC(=O)N1. The second-order valence-electron chi connectivity index (χ2n) is 6.51. The number of carbonyl (C=O) groups is 2. The van der Waals surface area contributed by atoms with Gasteiger partial charge in [-0.25, -0.2) is 0 Å². The van der Waals surface area contributed by atoms with Crippen LogP contribution in [0.3, 0.4) is 0 Å². The van der Waals surface area contributed by atoms with Crippen molar-refractivity contribution in [2.45, 2.75) is 19.3 Å². The molecule has 0 spiro atoms. The second-order valence-corrected chi connectivity index (χ2v) is 8.37. The van der Waals surface area contributed by atoms with Crippen LogP contribution >= 0.6 is 35.0 Å². The highest BCUT2D eigenvalue weighted by Crippen LogP contribution is 2.36. The Morgan fingerprint density at radius 2 is 1.93 bits per heavy atom. The zero-order valence-corrected chi connectivity index (χ0v) is 17.8. The first-order chi connectivity index (χ1) is 13.9. The monoisotopic (exact) mass is 445 g/mol. The van der Waals surface area contributed by atoms with Crippen molar-refractivity contribution < 1.29 is 9.59 Å². The molecule has 148 valence electrons. The fourth-order valence-electron chi connectivity index (χ4n) is 2.97. The number of anilines is 1. The number of rotatable bonds is 5. The van der Waals surface area contributed by atoms with Gasteiger partial charge in [0.1, 0.15) is 0 Å². The summed E-state index contributed by atoms with van der Waals surface area (Å²) in [6.07, 6.45) is 0.169. The minimum absolute atomic E-state index is 0.0418. The first-order valence-electron chi connectivity index (χ1n) is 8.75. The molecule has 0 saturated carbocycles. The number of carbonyl (C=O) groups excluding carboxylic acids is 2. The molecule has 0 bridgehead atoms. The molecule has 2 N–H and O–H groups in total. The Morgan fingerprint density at radius 1 is 1.24 bits per heavy atom. The Hall–Kier alpha value is -2.46. The molecule has 1 heterocycles. The smallest absolute Gasteiger partial charge is 0.234 e. The summed E-state index contributed by atoms with van der Waals surface area (Å²) in [6, 6.07) is 14.5. The van der Waals surface area contributed by atoms with Crippen molar-refractivity contribution >= 4 is 52.5 Å². The summed E-state index contributed by atoms with van der Waals surface area (Å²) in [5, 5.41) is 16.7. The van der Waals surface area contributed by atoms with E-state index >= 15 is 0 Å². The van der Waals surface area contributed by atoms with Crippen molar-refractivity contribution in [2.75, 3.05) is 11.1 Å². The number of nitriles is 1. The van der Waals surface area contributed by atoms with Gasteiger partial charge in [0.05, 0.1) is 22.4 Å². The second kappa shape index (κ2) is 9.36. The standard InChI is InChI=1S/C21H17Cl2N3O2S/c1-12-2-5-15(23)8-18(12)25-20(28)11-29-21-17(10-24)16(9-19(27)26-21)13-3-6-14(22)7-4-13/h2-8,16H,9,11H2,1H3,(H,25,28)(H,26,27)/t16-/m1/s1. The van der Waals surface area contributed by atoms with Crippen molar-refractivity contribution in [3.05, 3.63) is 74.2 Å². The van der Waals surface area contributed by atoms with Crippen molar-refractivity contribution in [3.63, 3.8) is 0 Å². The third kappa shape index (κ3) is 5.33. The number of amides is 2. The van der Waals surface area contributed by atoms with Gasteiger partial charge in [-0.15, -0.1) is 0 Å². The summed E-state index contributed by atoms with van der Waals surface area (Å²) in [4.78, 5) is 24.6. The average Bonchev–Trinajstić information content (AvgIpc) is 2.69. The highest BCUT2D eigenvalue weighted by atomic mass is 35.5. The minimum Gasteiger partial charge on any atom is -0.325 e. The van der Waals surface area contributed by atoms with E-state index in [0.29, 0.717) is 26.3 Å². The molecule has 0 fully saturated rings. The summed E-state index contributed by atoms with van der Waals surface area (Å²) < 4.78 is 0. The van der Waals surface area contributed by atoms with Gasteiger partial charge in [0, 0.05) is 28.1 Å². The number of aryl methyl sites for hydroxylation is 1. The molecular formula is C21H17Cl2N3O2S. The molecule has 29 heavy (non-hydrogen) atoms. The molecule has 0 aromatic heterocycles. The summed E-state index contributed by atoms with van der Waals surface area (Å²) >= 11 is 13.0. The predicted octanol–water partition coefficient (Wildman–Crippen LogP) is 5.01. The zero-order chi connectivity index (χ0) is 21.0. The van der Waals surface area contributed by atoms with Crippen LogP contribution in [-0.4, -0.2) is 17.6 Å². The lowest BCUT2D eigenvalue weighted by atomic mass is 9.87. The van der Waals surface area contributed by atoms with Crippen LogP contribution in [0.2, 0.25) is 10.0 Å². The lowest BCUT2D eigenvalue weighted by Crippen LogP contribution is -2.31. The van der Waals surface area contributed by atoms with E-state index in [-0.39, 0.29) is 29.9 Å². The van der Waals surface area contributed by atoms with Gasteiger partial charge in [-0.2, -0.15) is 5.26 Å². The summed E-state index contributed by atoms with van der Waals surface area (Å²) in [5.41, 5.74) is 2.78. The topological polar surface area (TPSA) is 82.0 Å². The van der Waals surface area contributed by atoms with Crippen LogP contribution in [0.4, 0.5) is 5.69 Å². The van der Waals surface area contributed by atoms with E-state index < -0.39 is 0 Å². The van der Waals surface area contributed by atoms with E-state index in [4.69, 9.17) is 23.2 Å². The lowest BCUT2D eigenvalue weighted by Gasteiger charge is -2.25. The molecule has 5 nitrogen and oxygen atoms in total. The number of thioether (sulfide) groups is 1. The highest BCUT2D eigenvalue weighted by Gasteiger charge is 2.29. The molecule has 0 aliphatic carbocycles. The van der Waals surface area contributed by atoms with Gasteiger partial charge in [0.2, 0.25) is 11.8 Å². The van der Waals surface area contributed by atoms with Crippen LogP contribution < -0.4 is 10.6 Å². The molecule has 8 heteroatoms. The highest BCUT2D eigenvalue weighted by molar-refractivity contribution is 8.03. The average molecular weight is 446 g/mol. The lowest BCUT2D eigenvalue weighted by molar-refractivity contribution is -0.121. The van der Waals surface area contributed by atoms with E-state index in [2.05, 4.69) is 16.7 Å². The van der Waals surface area contributed by atoms with E-state index in [1.165, 1.54) is 0 Å². The largest absolute Gasteiger partial charge is 0.325 e. The molecule has 0 saturated heterocycles. The Balaban J connectivity index is 1.76. The van der Waals surface area contributed by atoms with Crippen molar-refractivity contribution in [1.29, 1.82) is 5.26 Å². The molecule has 0 radical (unpaired) electrons. The van der Waals surface area contributed by atoms with E-state index in [9.17, 15) is 14.9 Å². The number of halogens is 2. The third-order valence-electron chi connectivity index (χ3n) is 4.45. The molecule has 2 aromatic rings. The van der Waals surface area contributed by atoms with Crippen LogP contribution in [0.5, 0.6) is 0 Å². The van der Waals surface area contributed by atoms with Gasteiger partial charge in [-0.05, 0) is 42.3 Å². The maximum absolute atomic E-state index is 12.4. The maximum atomic E-state index is 12.4. The van der Waals surface area contributed by atoms with Gasteiger partial charge in [-0.1, -0.05) is 53.2 Å². The van der Waals surface area contributed by atoms with Crippen molar-refractivity contribution in [3.8, 4) is 6.07 Å². The van der Waals surface area contributed by atoms with Crippen LogP contribution in [0.15, 0.2) is 53.1 Å². The molecule has 1 aliphatic rings. The first kappa shape index (κ1) is 21.3. The molecule has 3 rings (SSSR count). The molecule has 2 aromatic carbocycles. The van der Waals surface area contributed by atoms with Gasteiger partial charge in [-0.3, -0.25) is 9.59 Å². The van der Waals surface area contributed by atoms with Crippen LogP contribution in [-0.2, 0) is 9.59 Å². The van der Waals surface area contributed by atoms with E-state index in [1.807, 2.05) is 13.0 Å². The van der Waals surface area contributed by atoms with Crippen LogP contribution in [0.1, 0.15) is 23.5 Å². The van der Waals surface area contributed by atoms with E-state index in [0.717, 1.165) is 22.9 Å². The molecular weight excluding hydrogens is 429 g/mol. The quantitative estimate of drug-likeness (QED) is 0.677. The van der Waals surface area contributed by atoms with Gasteiger partial charge in [0.25, 0.3) is 0 Å². The Kier molecular flexibility index (Phi) is 6.86. The van der Waals surface area contributed by atoms with Gasteiger partial charge < -0.3 is 10.6 Å². The number of hydrogen-bond acceptors (Lipinski definition) is 4. The number of hydrogen-bond donors (Lipinski definition) is 2. The number of allylic oxidation sites excluding steroid dienone is 1. The minimum atomic E-state index is -0.369. The Morgan fingerprint density at radius 3 is 2.62 bits per heavy atom. The third-order valence-corrected chi connectivity index (χ3v) is 5.95. The van der Waals surface area contributed by atoms with Crippen LogP contribution in [0.25, 0.3) is 0 Å². The first-order valence-corrected chi connectivity index (χ1v) is 10.5. The number of nitrogens with one attached hydrogen (secondary N) is 2. The predicted molar refractivity (Wildman–Crippen MR) is 117 cm³/mol. The van der Waals surface area contributed by atoms with Gasteiger partial charge >= 0.3 is 0 Å². The maximum Gasteiger partial charge on any atom is 0.234 e. The fourth-order valence-corrected chi connectivity index (χ4v) is 4.14. The van der Waals surface area contributed by atoms with Crippen molar-refractivity contribution in [2.24, 2.45) is 0 Å². The molecule has 1 aliphatic heterocycles. The Labute approximate surface area is 183 Å². The number of benzene rings is 2. The Bertz CT molecular complexity index is 1030. The number of nitrogens with zero attached hydrogens (tertiary/aromatic N) is 1. The fraction of sp³-hybridized carbons (Fsp3) is 0.190. The van der Waals surface area contributed by atoms with Crippen molar-refractivity contribution in [1.82, 2.24) is 5.32 Å². The summed E-state index contributed by atoms with van der Waals surface area (Å²) in [7, 11) is 0. The molecule has 2 amide bonds. The zero-order valence-electron chi connectivity index (χ0n) is 15.5. The van der Waals surface area contributed by atoms with Crippen LogP contribution in [0, 0.1) is 18.3 Å². The molecule has 1 atom stereocenters. The van der Waals surface area contributed by atoms with E-state index in [1.54, 1.807) is 36.4 Å². The molecule has 0 unspecified atom stereocenters. The summed E-state index contributed by atoms with van der Waals surface area (Å²) in [6.45, 7) is 1.87. The normalized spacial score (nSPS) is 16.2. The van der Waals surface area contributed by atoms with Gasteiger partial charge in [0.15, 0.2) is 0 Å².